The van der Waals surface area contributed by atoms with Crippen LogP contribution in [-0.2, 0) is 0 Å². The Balaban J connectivity index is 4.02. The molecule has 0 fully saturated rings. The molecule has 0 aromatic heterocycles. The van der Waals surface area contributed by atoms with Crippen molar-refractivity contribution in [1.29, 1.82) is 0 Å². The Morgan fingerprint density at radius 2 is 1.69 bits per heavy atom. The number of aliphatic hydroxyl groups is 3. The fourth-order valence-corrected chi connectivity index (χ4v) is 1.27. The van der Waals surface area contributed by atoms with Crippen molar-refractivity contribution in [2.24, 2.45) is 0 Å². The molecule has 0 aromatic rings. The fraction of sp³-hybridized carbons (Fsp3) is 0.778. The smallest absolute Gasteiger partial charge is 0.0589 e. The second kappa shape index (κ2) is 8.19. The van der Waals surface area contributed by atoms with Crippen molar-refractivity contribution < 1.29 is 15.3 Å². The lowest BCUT2D eigenvalue weighted by Gasteiger charge is -2.28. The van der Waals surface area contributed by atoms with Crippen molar-refractivity contribution in [3.05, 3.63) is 12.7 Å². The predicted molar refractivity (Wildman–Crippen MR) is 51.4 cm³/mol. The van der Waals surface area contributed by atoms with E-state index in [1.807, 2.05) is 4.90 Å². The Labute approximate surface area is 79.1 Å². The normalized spacial score (nSPS) is 13.2. The number of aliphatic hydroxyl groups excluding tert-OH is 3. The van der Waals surface area contributed by atoms with Crippen molar-refractivity contribution in [2.75, 3.05) is 32.9 Å². The van der Waals surface area contributed by atoms with Crippen LogP contribution in [0.25, 0.3) is 0 Å². The minimum Gasteiger partial charge on any atom is -0.395 e. The predicted octanol–water partition coefficient (Wildman–Crippen LogP) is -0.790. The largest absolute Gasteiger partial charge is 0.395 e. The van der Waals surface area contributed by atoms with Crippen LogP contribution in [0.3, 0.4) is 0 Å². The van der Waals surface area contributed by atoms with Gasteiger partial charge in [0.1, 0.15) is 0 Å². The zero-order valence-electron chi connectivity index (χ0n) is 7.89. The van der Waals surface area contributed by atoms with E-state index < -0.39 is 0 Å². The van der Waals surface area contributed by atoms with E-state index in [4.69, 9.17) is 15.3 Å². The first-order chi connectivity index (χ1) is 6.29. The van der Waals surface area contributed by atoms with Gasteiger partial charge in [0.25, 0.3) is 0 Å². The zero-order valence-corrected chi connectivity index (χ0v) is 7.89. The average molecular weight is 189 g/mol. The van der Waals surface area contributed by atoms with Crippen LogP contribution in [0.15, 0.2) is 12.7 Å². The summed E-state index contributed by atoms with van der Waals surface area (Å²) in [5.41, 5.74) is 0. The highest BCUT2D eigenvalue weighted by Crippen LogP contribution is 2.03. The summed E-state index contributed by atoms with van der Waals surface area (Å²) < 4.78 is 0. The van der Waals surface area contributed by atoms with Crippen LogP contribution in [-0.4, -0.2) is 59.2 Å². The lowest BCUT2D eigenvalue weighted by Crippen LogP contribution is -2.41. The van der Waals surface area contributed by atoms with E-state index >= 15 is 0 Å². The Kier molecular flexibility index (Phi) is 7.93. The summed E-state index contributed by atoms with van der Waals surface area (Å²) in [6.45, 7) is 4.62. The van der Waals surface area contributed by atoms with Gasteiger partial charge >= 0.3 is 0 Å². The van der Waals surface area contributed by atoms with Crippen LogP contribution in [0.5, 0.6) is 0 Å². The highest BCUT2D eigenvalue weighted by Gasteiger charge is 2.14. The molecule has 0 aliphatic rings. The van der Waals surface area contributed by atoms with Crippen LogP contribution in [0, 0.1) is 0 Å². The van der Waals surface area contributed by atoms with E-state index in [2.05, 4.69) is 6.58 Å². The van der Waals surface area contributed by atoms with Gasteiger partial charge in [-0.1, -0.05) is 6.08 Å². The summed E-state index contributed by atoms with van der Waals surface area (Å²) in [6, 6.07) is -0.0446. The van der Waals surface area contributed by atoms with Gasteiger partial charge in [0.15, 0.2) is 0 Å². The third kappa shape index (κ3) is 5.00. The van der Waals surface area contributed by atoms with Gasteiger partial charge in [-0.25, -0.2) is 0 Å². The molecule has 0 aromatic carbocycles. The lowest BCUT2D eigenvalue weighted by atomic mass is 10.2. The molecule has 0 saturated heterocycles. The molecular weight excluding hydrogens is 170 g/mol. The van der Waals surface area contributed by atoms with E-state index in [0.29, 0.717) is 19.5 Å². The average Bonchev–Trinajstić information content (AvgIpc) is 2.14. The standard InChI is InChI=1S/C9H19NO3/c1-2-3-9(8-13)10(4-6-11)5-7-12/h2,9,11-13H,1,3-8H2. The van der Waals surface area contributed by atoms with E-state index in [1.54, 1.807) is 6.08 Å². The van der Waals surface area contributed by atoms with Gasteiger partial charge in [-0.2, -0.15) is 0 Å². The highest BCUT2D eigenvalue weighted by atomic mass is 16.3. The Morgan fingerprint density at radius 3 is 2.00 bits per heavy atom. The van der Waals surface area contributed by atoms with Gasteiger partial charge in [0.05, 0.1) is 19.8 Å². The molecule has 0 bridgehead atoms. The van der Waals surface area contributed by atoms with Gasteiger partial charge in [-0.05, 0) is 6.42 Å². The summed E-state index contributed by atoms with van der Waals surface area (Å²) >= 11 is 0. The SMILES string of the molecule is C=CCC(CO)N(CCO)CCO. The van der Waals surface area contributed by atoms with Gasteiger partial charge in [0.2, 0.25) is 0 Å². The van der Waals surface area contributed by atoms with Crippen LogP contribution >= 0.6 is 0 Å². The Hall–Kier alpha value is -0.420. The van der Waals surface area contributed by atoms with E-state index in [-0.39, 0.29) is 25.9 Å². The topological polar surface area (TPSA) is 63.9 Å². The van der Waals surface area contributed by atoms with Gasteiger partial charge in [0, 0.05) is 19.1 Å². The van der Waals surface area contributed by atoms with Crippen LogP contribution in [0.2, 0.25) is 0 Å². The molecule has 0 radical (unpaired) electrons. The summed E-state index contributed by atoms with van der Waals surface area (Å²) in [4.78, 5) is 1.85. The highest BCUT2D eigenvalue weighted by molar-refractivity contribution is 4.79. The first kappa shape index (κ1) is 12.6. The molecule has 0 spiro atoms. The Bertz CT molecular complexity index is 124. The first-order valence-electron chi connectivity index (χ1n) is 4.47. The molecular formula is C9H19NO3. The molecule has 1 atom stereocenters. The molecule has 0 saturated carbocycles. The lowest BCUT2D eigenvalue weighted by molar-refractivity contribution is 0.0854. The fourth-order valence-electron chi connectivity index (χ4n) is 1.27. The molecule has 1 unspecified atom stereocenters. The monoisotopic (exact) mass is 189 g/mol. The van der Waals surface area contributed by atoms with Crippen LogP contribution in [0.1, 0.15) is 6.42 Å². The maximum Gasteiger partial charge on any atom is 0.0589 e. The molecule has 0 aliphatic heterocycles. The van der Waals surface area contributed by atoms with E-state index in [0.717, 1.165) is 0 Å². The summed E-state index contributed by atoms with van der Waals surface area (Å²) in [5, 5.41) is 26.5. The van der Waals surface area contributed by atoms with Crippen molar-refractivity contribution in [3.8, 4) is 0 Å². The van der Waals surface area contributed by atoms with Crippen molar-refractivity contribution in [3.63, 3.8) is 0 Å². The number of rotatable bonds is 8. The van der Waals surface area contributed by atoms with Crippen LogP contribution < -0.4 is 0 Å². The number of hydrogen-bond acceptors (Lipinski definition) is 4. The second-order valence-electron chi connectivity index (χ2n) is 2.84. The van der Waals surface area contributed by atoms with Crippen molar-refractivity contribution >= 4 is 0 Å². The molecule has 3 N–H and O–H groups in total. The van der Waals surface area contributed by atoms with E-state index in [9.17, 15) is 0 Å². The quantitative estimate of drug-likeness (QED) is 0.438. The first-order valence-corrected chi connectivity index (χ1v) is 4.47. The molecule has 0 rings (SSSR count). The van der Waals surface area contributed by atoms with Crippen molar-refractivity contribution in [1.82, 2.24) is 4.90 Å². The number of hydrogen-bond donors (Lipinski definition) is 3. The third-order valence-corrected chi connectivity index (χ3v) is 1.94. The number of nitrogens with zero attached hydrogens (tertiary/aromatic N) is 1. The minimum atomic E-state index is -0.0446. The summed E-state index contributed by atoms with van der Waals surface area (Å²) in [7, 11) is 0. The summed E-state index contributed by atoms with van der Waals surface area (Å²) in [5.74, 6) is 0. The third-order valence-electron chi connectivity index (χ3n) is 1.94. The van der Waals surface area contributed by atoms with Crippen LogP contribution in [0.4, 0.5) is 0 Å². The van der Waals surface area contributed by atoms with Gasteiger partial charge in [-0.3, -0.25) is 4.90 Å². The molecule has 4 heteroatoms. The van der Waals surface area contributed by atoms with Gasteiger partial charge in [-0.15, -0.1) is 6.58 Å². The zero-order chi connectivity index (χ0) is 10.1. The molecule has 0 heterocycles. The van der Waals surface area contributed by atoms with Crippen molar-refractivity contribution in [2.45, 2.75) is 12.5 Å². The Morgan fingerprint density at radius 1 is 1.15 bits per heavy atom. The molecule has 4 nitrogen and oxygen atoms in total. The summed E-state index contributed by atoms with van der Waals surface area (Å²) in [6.07, 6.45) is 2.39. The molecule has 78 valence electrons. The van der Waals surface area contributed by atoms with Gasteiger partial charge < -0.3 is 15.3 Å². The maximum atomic E-state index is 9.03. The molecule has 0 amide bonds. The van der Waals surface area contributed by atoms with E-state index in [1.165, 1.54) is 0 Å². The molecule has 13 heavy (non-hydrogen) atoms. The minimum absolute atomic E-state index is 0.0199. The maximum absolute atomic E-state index is 9.03. The second-order valence-corrected chi connectivity index (χ2v) is 2.84. The molecule has 0 aliphatic carbocycles.